The van der Waals surface area contributed by atoms with Crippen LogP contribution in [0.5, 0.6) is 17.2 Å². The van der Waals surface area contributed by atoms with Gasteiger partial charge in [-0.25, -0.2) is 9.59 Å². The molecule has 0 radical (unpaired) electrons. The van der Waals surface area contributed by atoms with Crippen LogP contribution in [0, 0.1) is 13.8 Å². The number of ether oxygens (including phenoxy) is 4. The Morgan fingerprint density at radius 3 is 2.54 bits per heavy atom. The minimum atomic E-state index is -1.60. The van der Waals surface area contributed by atoms with Crippen LogP contribution in [0.4, 0.5) is 0 Å². The van der Waals surface area contributed by atoms with Crippen molar-refractivity contribution >= 4 is 18.0 Å². The highest BCUT2D eigenvalue weighted by Gasteiger charge is 2.52. The third kappa shape index (κ3) is 4.55. The molecular formula is C25H26O10. The summed E-state index contributed by atoms with van der Waals surface area (Å²) in [5.74, 6) is -2.96. The lowest BCUT2D eigenvalue weighted by molar-refractivity contribution is -0.237. The summed E-state index contributed by atoms with van der Waals surface area (Å²) in [6, 6.07) is 6.77. The lowest BCUT2D eigenvalue weighted by atomic mass is 9.86. The summed E-state index contributed by atoms with van der Waals surface area (Å²) in [7, 11) is 1.22. The quantitative estimate of drug-likeness (QED) is 0.363. The number of carbonyl (C=O) groups is 2. The lowest BCUT2D eigenvalue weighted by Gasteiger charge is -2.44. The summed E-state index contributed by atoms with van der Waals surface area (Å²) < 4.78 is 21.2. The Balaban J connectivity index is 1.52. The van der Waals surface area contributed by atoms with Crippen molar-refractivity contribution in [2.45, 2.75) is 44.4 Å². The van der Waals surface area contributed by atoms with E-state index in [0.717, 1.165) is 22.8 Å². The van der Waals surface area contributed by atoms with E-state index in [1.54, 1.807) is 6.08 Å². The molecule has 4 N–H and O–H groups in total. The molecule has 1 fully saturated rings. The number of hydrogen-bond acceptors (Lipinski definition) is 10. The average Bonchev–Trinajstić information content (AvgIpc) is 2.82. The molecule has 0 amide bonds. The smallest absolute Gasteiger partial charge is 0.339 e. The molecule has 4 rings (SSSR count). The van der Waals surface area contributed by atoms with Crippen molar-refractivity contribution in [3.8, 4) is 17.2 Å². The van der Waals surface area contributed by atoms with E-state index in [-0.39, 0.29) is 16.9 Å². The molecule has 10 nitrogen and oxygen atoms in total. The van der Waals surface area contributed by atoms with Crippen molar-refractivity contribution in [3.05, 3.63) is 58.2 Å². The molecule has 0 aliphatic carbocycles. The normalized spacial score (nSPS) is 25.5. The standard InChI is InChI=1S/C25H26O10/c1-11-4-5-13(8-12(11)2)6-7-17(27)33-10-16-19(28)21(30)24-23(34-16)18-14(25(31)35-24)9-15(26)22(32-3)20(18)29/h4-9,16,19,21,23-24,26,28-30H,10H2,1-3H3/b7-6+/t16-,19-,21+,23+,24-/m1/s1. The van der Waals surface area contributed by atoms with Gasteiger partial charge in [0.2, 0.25) is 5.75 Å². The second-order valence-electron chi connectivity index (χ2n) is 8.49. The van der Waals surface area contributed by atoms with Crippen LogP contribution < -0.4 is 4.74 Å². The molecule has 186 valence electrons. The van der Waals surface area contributed by atoms with Crippen LogP contribution >= 0.6 is 0 Å². The number of hydrogen-bond donors (Lipinski definition) is 4. The first-order chi connectivity index (χ1) is 16.6. The predicted octanol–water partition coefficient (Wildman–Crippen LogP) is 1.68. The van der Waals surface area contributed by atoms with Crippen LogP contribution in [0.25, 0.3) is 6.08 Å². The number of aromatic hydroxyl groups is 2. The fourth-order valence-electron chi connectivity index (χ4n) is 4.18. The Kier molecular flexibility index (Phi) is 6.70. The highest BCUT2D eigenvalue weighted by Crippen LogP contribution is 2.49. The van der Waals surface area contributed by atoms with Gasteiger partial charge in [0.15, 0.2) is 17.6 Å². The first kappa shape index (κ1) is 24.5. The van der Waals surface area contributed by atoms with Gasteiger partial charge < -0.3 is 39.4 Å². The Bertz CT molecular complexity index is 1190. The highest BCUT2D eigenvalue weighted by atomic mass is 16.6. The van der Waals surface area contributed by atoms with Crippen LogP contribution in [-0.4, -0.2) is 70.5 Å². The number of rotatable bonds is 5. The van der Waals surface area contributed by atoms with Gasteiger partial charge in [-0.15, -0.1) is 0 Å². The molecule has 5 atom stereocenters. The number of aliphatic hydroxyl groups is 2. The maximum atomic E-state index is 12.4. The molecule has 2 aromatic rings. The zero-order valence-electron chi connectivity index (χ0n) is 19.3. The number of benzene rings is 2. The van der Waals surface area contributed by atoms with Gasteiger partial charge in [-0.1, -0.05) is 18.2 Å². The van der Waals surface area contributed by atoms with Gasteiger partial charge in [-0.05, 0) is 42.7 Å². The molecule has 0 bridgehead atoms. The second kappa shape index (κ2) is 9.57. The number of methoxy groups -OCH3 is 1. The second-order valence-corrected chi connectivity index (χ2v) is 8.49. The van der Waals surface area contributed by atoms with Gasteiger partial charge in [0, 0.05) is 11.6 Å². The summed E-state index contributed by atoms with van der Waals surface area (Å²) >= 11 is 0. The zero-order valence-corrected chi connectivity index (χ0v) is 19.3. The summed E-state index contributed by atoms with van der Waals surface area (Å²) in [4.78, 5) is 24.6. The number of aryl methyl sites for hydroxylation is 2. The first-order valence-electron chi connectivity index (χ1n) is 10.9. The van der Waals surface area contributed by atoms with E-state index in [1.807, 2.05) is 32.0 Å². The van der Waals surface area contributed by atoms with Gasteiger partial charge in [-0.3, -0.25) is 0 Å². The first-order valence-corrected chi connectivity index (χ1v) is 10.9. The molecule has 2 aliphatic heterocycles. The molecule has 0 saturated carbocycles. The summed E-state index contributed by atoms with van der Waals surface area (Å²) in [5, 5.41) is 41.8. The number of fused-ring (bicyclic) bond motifs is 3. The number of phenols is 2. The van der Waals surface area contributed by atoms with E-state index in [0.29, 0.717) is 0 Å². The van der Waals surface area contributed by atoms with Crippen molar-refractivity contribution in [1.29, 1.82) is 0 Å². The van der Waals surface area contributed by atoms with Crippen molar-refractivity contribution in [3.63, 3.8) is 0 Å². The maximum Gasteiger partial charge on any atom is 0.339 e. The van der Waals surface area contributed by atoms with E-state index < -0.39 is 60.6 Å². The van der Waals surface area contributed by atoms with E-state index in [9.17, 15) is 30.0 Å². The fourth-order valence-corrected chi connectivity index (χ4v) is 4.18. The minimum absolute atomic E-state index is 0.0715. The topological polar surface area (TPSA) is 152 Å². The number of phenolic OH excluding ortho intramolecular Hbond substituents is 2. The fraction of sp³-hybridized carbons (Fsp3) is 0.360. The number of aliphatic hydroxyl groups excluding tert-OH is 2. The Morgan fingerprint density at radius 2 is 1.86 bits per heavy atom. The summed E-state index contributed by atoms with van der Waals surface area (Å²) in [6.07, 6.45) is -4.09. The van der Waals surface area contributed by atoms with Crippen molar-refractivity contribution < 1.29 is 49.0 Å². The zero-order chi connectivity index (χ0) is 25.4. The largest absolute Gasteiger partial charge is 0.504 e. The molecule has 0 spiro atoms. The summed E-state index contributed by atoms with van der Waals surface area (Å²) in [6.45, 7) is 3.52. The van der Waals surface area contributed by atoms with Gasteiger partial charge in [0.05, 0.1) is 12.7 Å². The van der Waals surface area contributed by atoms with Crippen LogP contribution in [0.1, 0.15) is 38.7 Å². The molecule has 1 saturated heterocycles. The van der Waals surface area contributed by atoms with E-state index in [2.05, 4.69) is 0 Å². The van der Waals surface area contributed by atoms with Crippen molar-refractivity contribution in [1.82, 2.24) is 0 Å². The molecule has 35 heavy (non-hydrogen) atoms. The van der Waals surface area contributed by atoms with Crippen LogP contribution in [0.2, 0.25) is 0 Å². The Morgan fingerprint density at radius 1 is 1.11 bits per heavy atom. The molecule has 2 heterocycles. The molecule has 2 aliphatic rings. The minimum Gasteiger partial charge on any atom is -0.504 e. The predicted molar refractivity (Wildman–Crippen MR) is 121 cm³/mol. The molecule has 0 unspecified atom stereocenters. The maximum absolute atomic E-state index is 12.4. The van der Waals surface area contributed by atoms with Gasteiger partial charge in [-0.2, -0.15) is 0 Å². The summed E-state index contributed by atoms with van der Waals surface area (Å²) in [5.41, 5.74) is 2.75. The van der Waals surface area contributed by atoms with Gasteiger partial charge in [0.25, 0.3) is 0 Å². The van der Waals surface area contributed by atoms with Gasteiger partial charge >= 0.3 is 11.9 Å². The molecule has 0 aromatic heterocycles. The SMILES string of the molecule is COc1c(O)cc2c(c1O)[C@@H]1O[C@H](COC(=O)/C=C/c3ccc(C)c(C)c3)[C@@H](O)[C@H](O)[C@H]1OC2=O. The average molecular weight is 486 g/mol. The van der Waals surface area contributed by atoms with Gasteiger partial charge in [0.1, 0.15) is 31.0 Å². The molecular weight excluding hydrogens is 460 g/mol. The molecule has 10 heteroatoms. The number of carbonyl (C=O) groups excluding carboxylic acids is 2. The Labute approximate surface area is 200 Å². The third-order valence-corrected chi connectivity index (χ3v) is 6.25. The number of esters is 2. The van der Waals surface area contributed by atoms with E-state index in [1.165, 1.54) is 13.2 Å². The monoisotopic (exact) mass is 486 g/mol. The third-order valence-electron chi connectivity index (χ3n) is 6.25. The van der Waals surface area contributed by atoms with Crippen LogP contribution in [0.15, 0.2) is 30.3 Å². The molecule has 2 aromatic carbocycles. The lowest BCUT2D eigenvalue weighted by Crippen LogP contribution is -2.58. The van der Waals surface area contributed by atoms with E-state index in [4.69, 9.17) is 18.9 Å². The highest BCUT2D eigenvalue weighted by molar-refractivity contribution is 5.95. The van der Waals surface area contributed by atoms with Crippen LogP contribution in [0.3, 0.4) is 0 Å². The van der Waals surface area contributed by atoms with E-state index >= 15 is 0 Å². The van der Waals surface area contributed by atoms with Crippen LogP contribution in [-0.2, 0) is 19.0 Å². The van der Waals surface area contributed by atoms with Crippen molar-refractivity contribution in [2.24, 2.45) is 0 Å². The Hall–Kier alpha value is -3.60. The van der Waals surface area contributed by atoms with Crippen molar-refractivity contribution in [2.75, 3.05) is 13.7 Å².